The van der Waals surface area contributed by atoms with E-state index in [0.29, 0.717) is 17.0 Å². The van der Waals surface area contributed by atoms with Gasteiger partial charge in [-0.3, -0.25) is 10.1 Å². The standard InChI is InChI=1S/C18H24N4O3S2/c1-9(2)19-17(24)20-15(23)11(4)26-18-22-21-16(25-18)14-8-12-7-10(3)5-6-13(12)27-14/h8-11H,5-7H2,1-4H3,(H2,19,20,23,24)/t10-,11+/m0/s1. The molecule has 7 nitrogen and oxygen atoms in total. The fourth-order valence-electron chi connectivity index (χ4n) is 2.88. The summed E-state index contributed by atoms with van der Waals surface area (Å²) in [6, 6.07) is 1.59. The molecule has 0 fully saturated rings. The lowest BCUT2D eigenvalue weighted by molar-refractivity contribution is -0.119. The predicted octanol–water partition coefficient (Wildman–Crippen LogP) is 3.64. The van der Waals surface area contributed by atoms with Crippen molar-refractivity contribution in [2.24, 2.45) is 5.92 Å². The maximum absolute atomic E-state index is 12.1. The Morgan fingerprint density at radius 2 is 2.11 bits per heavy atom. The molecule has 27 heavy (non-hydrogen) atoms. The quantitative estimate of drug-likeness (QED) is 0.733. The maximum Gasteiger partial charge on any atom is 0.321 e. The molecule has 1 aliphatic carbocycles. The summed E-state index contributed by atoms with van der Waals surface area (Å²) in [6.07, 6.45) is 3.42. The van der Waals surface area contributed by atoms with E-state index in [1.807, 2.05) is 13.8 Å². The summed E-state index contributed by atoms with van der Waals surface area (Å²) in [5, 5.41) is 12.9. The van der Waals surface area contributed by atoms with Gasteiger partial charge in [-0.1, -0.05) is 18.7 Å². The van der Waals surface area contributed by atoms with Crippen LogP contribution < -0.4 is 10.6 Å². The third-order valence-corrected chi connectivity index (χ3v) is 6.41. The molecule has 0 aliphatic heterocycles. The molecule has 0 spiro atoms. The van der Waals surface area contributed by atoms with Gasteiger partial charge in [-0.25, -0.2) is 4.79 Å². The second kappa shape index (κ2) is 8.43. The van der Waals surface area contributed by atoms with Crippen molar-refractivity contribution in [2.45, 2.75) is 63.5 Å². The van der Waals surface area contributed by atoms with Gasteiger partial charge in [0.25, 0.3) is 11.1 Å². The second-order valence-corrected chi connectivity index (χ2v) is 9.59. The van der Waals surface area contributed by atoms with Gasteiger partial charge in [0, 0.05) is 10.9 Å². The molecule has 0 unspecified atom stereocenters. The van der Waals surface area contributed by atoms with Gasteiger partial charge in [0.05, 0.1) is 10.1 Å². The summed E-state index contributed by atoms with van der Waals surface area (Å²) in [4.78, 5) is 26.1. The van der Waals surface area contributed by atoms with Crippen molar-refractivity contribution < 1.29 is 14.0 Å². The molecule has 146 valence electrons. The molecule has 3 amide bonds. The topological polar surface area (TPSA) is 97.1 Å². The van der Waals surface area contributed by atoms with Crippen LogP contribution in [0.5, 0.6) is 0 Å². The predicted molar refractivity (Wildman–Crippen MR) is 106 cm³/mol. The minimum absolute atomic E-state index is 0.0427. The summed E-state index contributed by atoms with van der Waals surface area (Å²) < 4.78 is 5.74. The van der Waals surface area contributed by atoms with Crippen LogP contribution in [-0.2, 0) is 17.6 Å². The van der Waals surface area contributed by atoms with E-state index in [0.717, 1.165) is 29.5 Å². The number of thioether (sulfide) groups is 1. The van der Waals surface area contributed by atoms with Crippen molar-refractivity contribution in [3.8, 4) is 10.8 Å². The van der Waals surface area contributed by atoms with Gasteiger partial charge in [0.15, 0.2) is 0 Å². The molecule has 2 N–H and O–H groups in total. The molecule has 2 aromatic heterocycles. The number of hydrogen-bond donors (Lipinski definition) is 2. The Hall–Kier alpha value is -1.87. The number of urea groups is 1. The smallest absolute Gasteiger partial charge is 0.321 e. The first-order valence-electron chi connectivity index (χ1n) is 9.05. The number of amides is 3. The lowest BCUT2D eigenvalue weighted by atomic mass is 9.90. The zero-order chi connectivity index (χ0) is 19.6. The number of carbonyl (C=O) groups is 2. The SMILES string of the molecule is CC(C)NC(=O)NC(=O)[C@@H](C)Sc1nnc(-c2cc3c(s2)CC[C@H](C)C3)o1. The molecular weight excluding hydrogens is 384 g/mol. The summed E-state index contributed by atoms with van der Waals surface area (Å²) >= 11 is 2.84. The van der Waals surface area contributed by atoms with E-state index in [9.17, 15) is 9.59 Å². The lowest BCUT2D eigenvalue weighted by Gasteiger charge is -2.16. The van der Waals surface area contributed by atoms with Crippen molar-refractivity contribution in [2.75, 3.05) is 0 Å². The van der Waals surface area contributed by atoms with Crippen LogP contribution in [0.15, 0.2) is 15.7 Å². The molecule has 2 atom stereocenters. The number of fused-ring (bicyclic) bond motifs is 1. The first kappa shape index (κ1) is 19.9. The van der Waals surface area contributed by atoms with E-state index in [4.69, 9.17) is 4.42 Å². The van der Waals surface area contributed by atoms with Gasteiger partial charge in [0.1, 0.15) is 0 Å². The highest BCUT2D eigenvalue weighted by atomic mass is 32.2. The summed E-state index contributed by atoms with van der Waals surface area (Å²) in [5.41, 5.74) is 1.38. The van der Waals surface area contributed by atoms with Gasteiger partial charge in [0.2, 0.25) is 5.91 Å². The van der Waals surface area contributed by atoms with Crippen LogP contribution in [0.25, 0.3) is 10.8 Å². The molecule has 1 aliphatic rings. The largest absolute Gasteiger partial charge is 0.410 e. The van der Waals surface area contributed by atoms with Gasteiger partial charge < -0.3 is 9.73 Å². The van der Waals surface area contributed by atoms with Gasteiger partial charge in [-0.05, 0) is 57.6 Å². The molecule has 2 heterocycles. The van der Waals surface area contributed by atoms with Crippen molar-refractivity contribution in [1.29, 1.82) is 0 Å². The highest BCUT2D eigenvalue weighted by Crippen LogP contribution is 2.37. The normalized spacial score (nSPS) is 17.4. The van der Waals surface area contributed by atoms with E-state index in [1.54, 1.807) is 18.3 Å². The van der Waals surface area contributed by atoms with Crippen LogP contribution in [0.3, 0.4) is 0 Å². The van der Waals surface area contributed by atoms with Gasteiger partial charge in [-0.15, -0.1) is 21.5 Å². The number of hydrogen-bond acceptors (Lipinski definition) is 7. The van der Waals surface area contributed by atoms with Crippen molar-refractivity contribution in [3.05, 3.63) is 16.5 Å². The Bertz CT molecular complexity index is 830. The monoisotopic (exact) mass is 408 g/mol. The highest BCUT2D eigenvalue weighted by molar-refractivity contribution is 8.00. The van der Waals surface area contributed by atoms with E-state index >= 15 is 0 Å². The highest BCUT2D eigenvalue weighted by Gasteiger charge is 2.23. The zero-order valence-electron chi connectivity index (χ0n) is 15.9. The van der Waals surface area contributed by atoms with Crippen LogP contribution >= 0.6 is 23.1 Å². The number of rotatable bonds is 5. The first-order valence-corrected chi connectivity index (χ1v) is 10.7. The number of aryl methyl sites for hydroxylation is 1. The lowest BCUT2D eigenvalue weighted by Crippen LogP contribution is -2.45. The van der Waals surface area contributed by atoms with E-state index < -0.39 is 17.2 Å². The molecule has 0 saturated carbocycles. The maximum atomic E-state index is 12.1. The minimum Gasteiger partial charge on any atom is -0.410 e. The molecule has 3 rings (SSSR count). The molecule has 0 aromatic carbocycles. The Kier molecular flexibility index (Phi) is 6.21. The number of imide groups is 1. The summed E-state index contributed by atoms with van der Waals surface area (Å²) in [7, 11) is 0. The second-order valence-electron chi connectivity index (χ2n) is 7.16. The fourth-order valence-corrected chi connectivity index (χ4v) is 4.70. The zero-order valence-corrected chi connectivity index (χ0v) is 17.5. The van der Waals surface area contributed by atoms with Crippen molar-refractivity contribution in [3.63, 3.8) is 0 Å². The number of carbonyl (C=O) groups excluding carboxylic acids is 2. The number of nitrogens with one attached hydrogen (secondary N) is 2. The molecule has 0 bridgehead atoms. The van der Waals surface area contributed by atoms with Crippen LogP contribution in [0.4, 0.5) is 4.79 Å². The average Bonchev–Trinajstić information content (AvgIpc) is 3.19. The van der Waals surface area contributed by atoms with E-state index in [-0.39, 0.29) is 6.04 Å². The number of nitrogens with zero attached hydrogens (tertiary/aromatic N) is 2. The Balaban J connectivity index is 1.61. The van der Waals surface area contributed by atoms with Crippen molar-refractivity contribution >= 4 is 35.0 Å². The van der Waals surface area contributed by atoms with E-state index in [2.05, 4.69) is 33.8 Å². The molecular formula is C18H24N4O3S2. The van der Waals surface area contributed by atoms with Crippen LogP contribution in [0, 0.1) is 5.92 Å². The van der Waals surface area contributed by atoms with Gasteiger partial charge >= 0.3 is 6.03 Å². The third kappa shape index (κ3) is 5.10. The van der Waals surface area contributed by atoms with Crippen LogP contribution in [-0.4, -0.2) is 33.4 Å². The number of thiophene rings is 1. The summed E-state index contributed by atoms with van der Waals surface area (Å²) in [6.45, 7) is 7.61. The Labute approximate surface area is 166 Å². The number of aromatic nitrogens is 2. The van der Waals surface area contributed by atoms with Crippen LogP contribution in [0.1, 0.15) is 44.6 Å². The molecule has 2 aromatic rings. The van der Waals surface area contributed by atoms with Crippen molar-refractivity contribution in [1.82, 2.24) is 20.8 Å². The Morgan fingerprint density at radius 1 is 1.33 bits per heavy atom. The fraction of sp³-hybridized carbons (Fsp3) is 0.556. The third-order valence-electron chi connectivity index (χ3n) is 4.25. The average molecular weight is 409 g/mol. The van der Waals surface area contributed by atoms with Gasteiger partial charge in [-0.2, -0.15) is 0 Å². The van der Waals surface area contributed by atoms with Crippen LogP contribution in [0.2, 0.25) is 0 Å². The molecule has 9 heteroatoms. The summed E-state index contributed by atoms with van der Waals surface area (Å²) in [5.74, 6) is 0.786. The van der Waals surface area contributed by atoms with E-state index in [1.165, 1.54) is 16.9 Å². The molecule has 0 saturated heterocycles. The minimum atomic E-state index is -0.534. The first-order chi connectivity index (χ1) is 12.8. The molecule has 0 radical (unpaired) electrons. The Morgan fingerprint density at radius 3 is 2.85 bits per heavy atom.